The number of unbranched alkanes of at least 4 members (excludes halogenated alkanes) is 1. The van der Waals surface area contributed by atoms with Gasteiger partial charge in [0.25, 0.3) is 5.69 Å². The van der Waals surface area contributed by atoms with Crippen LogP contribution in [0.1, 0.15) is 26.7 Å². The summed E-state index contributed by atoms with van der Waals surface area (Å²) in [5, 5.41) is 13.3. The number of nitro benzene ring substituents is 1. The summed E-state index contributed by atoms with van der Waals surface area (Å²) in [6.07, 6.45) is 1.59. The highest BCUT2D eigenvalue weighted by Gasteiger charge is 2.33. The molecule has 9 nitrogen and oxygen atoms in total. The van der Waals surface area contributed by atoms with Crippen molar-refractivity contribution >= 4 is 19.4 Å². The molecular weight excluding hydrogens is 399 g/mol. The van der Waals surface area contributed by atoms with Crippen LogP contribution in [0.3, 0.4) is 0 Å². The molecule has 156 valence electrons. The van der Waals surface area contributed by atoms with Crippen LogP contribution < -0.4 is 14.1 Å². The Morgan fingerprint density at radius 1 is 1.10 bits per heavy atom. The Bertz CT molecular complexity index is 859. The third-order valence-corrected chi connectivity index (χ3v) is 5.30. The number of non-ortho nitro benzene ring substituents is 1. The largest absolute Gasteiger partial charge is 0.513 e. The highest BCUT2D eigenvalue weighted by atomic mass is 31.2. The quantitative estimate of drug-likeness (QED) is 0.185. The van der Waals surface area contributed by atoms with E-state index in [1.807, 2.05) is 6.92 Å². The van der Waals surface area contributed by atoms with Gasteiger partial charge in [-0.1, -0.05) is 31.5 Å². The molecule has 0 fully saturated rings. The van der Waals surface area contributed by atoms with Gasteiger partial charge in [0, 0.05) is 12.1 Å². The first-order chi connectivity index (χ1) is 13.8. The summed E-state index contributed by atoms with van der Waals surface area (Å²) < 4.78 is 29.4. The lowest BCUT2D eigenvalue weighted by Gasteiger charge is -2.23. The number of rotatable bonds is 11. The van der Waals surface area contributed by atoms with E-state index < -0.39 is 24.7 Å². The molecule has 1 N–H and O–H groups in total. The van der Waals surface area contributed by atoms with Gasteiger partial charge >= 0.3 is 13.7 Å². The third-order valence-electron chi connectivity index (χ3n) is 3.69. The smallest absolute Gasteiger partial charge is 0.465 e. The van der Waals surface area contributed by atoms with Crippen LogP contribution in [0.25, 0.3) is 0 Å². The number of ether oxygens (including phenoxy) is 1. The van der Waals surface area contributed by atoms with Crippen molar-refractivity contribution in [3.8, 4) is 11.5 Å². The summed E-state index contributed by atoms with van der Waals surface area (Å²) in [6, 6.07) is 12.3. The number of nitro groups is 1. The predicted octanol–water partition coefficient (Wildman–Crippen LogP) is 4.48. The first-order valence-corrected chi connectivity index (χ1v) is 10.6. The molecule has 2 aromatic carbocycles. The molecule has 0 saturated carbocycles. The Hall–Kier alpha value is -2.90. The van der Waals surface area contributed by atoms with Crippen molar-refractivity contribution < 1.29 is 28.1 Å². The first kappa shape index (κ1) is 22.4. The normalized spacial score (nSPS) is 13.7. The van der Waals surface area contributed by atoms with E-state index in [4.69, 9.17) is 13.8 Å². The van der Waals surface area contributed by atoms with E-state index >= 15 is 0 Å². The van der Waals surface area contributed by atoms with Crippen molar-refractivity contribution in [2.45, 2.75) is 32.7 Å². The molecule has 2 unspecified atom stereocenters. The monoisotopic (exact) mass is 422 g/mol. The number of carbonyl (C=O) groups excluding carboxylic acids is 1. The molecule has 0 bridgehead atoms. The van der Waals surface area contributed by atoms with Crippen LogP contribution in [-0.4, -0.2) is 23.5 Å². The zero-order valence-electron chi connectivity index (χ0n) is 16.1. The van der Waals surface area contributed by atoms with Gasteiger partial charge in [-0.25, -0.2) is 4.57 Å². The Balaban J connectivity index is 2.17. The summed E-state index contributed by atoms with van der Waals surface area (Å²) in [4.78, 5) is 22.4. The number of para-hydroxylation sites is 1. The number of benzene rings is 2. The van der Waals surface area contributed by atoms with Gasteiger partial charge in [0.15, 0.2) is 0 Å². The van der Waals surface area contributed by atoms with Gasteiger partial charge in [0.1, 0.15) is 17.5 Å². The van der Waals surface area contributed by atoms with Crippen LogP contribution in [0.15, 0.2) is 54.6 Å². The summed E-state index contributed by atoms with van der Waals surface area (Å²) >= 11 is 0. The number of esters is 1. The molecule has 0 amide bonds. The fraction of sp³-hybridized carbons (Fsp3) is 0.316. The fourth-order valence-electron chi connectivity index (χ4n) is 2.19. The summed E-state index contributed by atoms with van der Waals surface area (Å²) in [5.41, 5.74) is -0.142. The molecule has 0 spiro atoms. The van der Waals surface area contributed by atoms with Gasteiger partial charge < -0.3 is 13.8 Å². The maximum Gasteiger partial charge on any atom is 0.513 e. The molecule has 0 heterocycles. The maximum absolute atomic E-state index is 13.3. The fourth-order valence-corrected chi connectivity index (χ4v) is 3.71. The Morgan fingerprint density at radius 3 is 2.24 bits per heavy atom. The number of nitrogens with zero attached hydrogens (tertiary/aromatic N) is 1. The summed E-state index contributed by atoms with van der Waals surface area (Å²) in [6.45, 7) is 3.71. The van der Waals surface area contributed by atoms with E-state index in [-0.39, 0.29) is 23.8 Å². The second-order valence-corrected chi connectivity index (χ2v) is 7.73. The van der Waals surface area contributed by atoms with Crippen molar-refractivity contribution in [3.63, 3.8) is 0 Å². The molecule has 2 rings (SSSR count). The maximum atomic E-state index is 13.3. The lowest BCUT2D eigenvalue weighted by molar-refractivity contribution is -0.384. The molecule has 29 heavy (non-hydrogen) atoms. The van der Waals surface area contributed by atoms with Crippen LogP contribution in [0.5, 0.6) is 11.5 Å². The van der Waals surface area contributed by atoms with Crippen molar-refractivity contribution in [2.75, 3.05) is 6.61 Å². The van der Waals surface area contributed by atoms with Crippen LogP contribution >= 0.6 is 7.75 Å². The minimum atomic E-state index is -4.07. The number of nitrogens with one attached hydrogen (secondary N) is 1. The lowest BCUT2D eigenvalue weighted by atomic mass is 10.3. The standard InChI is InChI=1S/C19H23N2O7P/c1-3-4-14-26-19(22)15(2)20-29(25,27-17-8-6-5-7-9-17)28-18-12-10-16(11-13-18)21(23)24/h5-13,15H,3-4,14H2,1-2H3,(H,20,25). The second kappa shape index (κ2) is 10.6. The molecular formula is C19H23N2O7P. The lowest BCUT2D eigenvalue weighted by Crippen LogP contribution is -2.36. The third kappa shape index (κ3) is 7.21. The van der Waals surface area contributed by atoms with E-state index in [9.17, 15) is 19.5 Å². The molecule has 0 radical (unpaired) electrons. The summed E-state index contributed by atoms with van der Waals surface area (Å²) in [5.74, 6) is -0.256. The predicted molar refractivity (Wildman–Crippen MR) is 107 cm³/mol. The Labute approximate surface area is 168 Å². The van der Waals surface area contributed by atoms with Gasteiger partial charge in [-0.05, 0) is 37.6 Å². The average Bonchev–Trinajstić information content (AvgIpc) is 2.69. The van der Waals surface area contributed by atoms with Crippen molar-refractivity contribution in [1.29, 1.82) is 0 Å². The molecule has 2 aromatic rings. The van der Waals surface area contributed by atoms with Crippen LogP contribution in [0, 0.1) is 10.1 Å². The van der Waals surface area contributed by atoms with Gasteiger partial charge in [0.2, 0.25) is 0 Å². The molecule has 2 atom stereocenters. The van der Waals surface area contributed by atoms with Crippen LogP contribution in [0.2, 0.25) is 0 Å². The minimum absolute atomic E-state index is 0.0777. The molecule has 0 aliphatic rings. The number of carbonyl (C=O) groups is 1. The second-order valence-electron chi connectivity index (χ2n) is 6.12. The van der Waals surface area contributed by atoms with Crippen molar-refractivity contribution in [1.82, 2.24) is 5.09 Å². The Kier molecular flexibility index (Phi) is 8.18. The average molecular weight is 422 g/mol. The zero-order valence-corrected chi connectivity index (χ0v) is 17.0. The highest BCUT2D eigenvalue weighted by Crippen LogP contribution is 2.45. The van der Waals surface area contributed by atoms with Crippen molar-refractivity contribution in [3.05, 3.63) is 64.7 Å². The van der Waals surface area contributed by atoms with Crippen LogP contribution in [0.4, 0.5) is 5.69 Å². The molecule has 10 heteroatoms. The van der Waals surface area contributed by atoms with Gasteiger partial charge in [-0.2, -0.15) is 5.09 Å². The van der Waals surface area contributed by atoms with Crippen molar-refractivity contribution in [2.24, 2.45) is 0 Å². The van der Waals surface area contributed by atoms with Gasteiger partial charge in [-0.3, -0.25) is 14.9 Å². The van der Waals surface area contributed by atoms with E-state index in [1.165, 1.54) is 31.2 Å². The number of hydrogen-bond acceptors (Lipinski definition) is 7. The number of hydrogen-bond donors (Lipinski definition) is 1. The van der Waals surface area contributed by atoms with E-state index in [0.29, 0.717) is 0 Å². The summed E-state index contributed by atoms with van der Waals surface area (Å²) in [7, 11) is -4.07. The minimum Gasteiger partial charge on any atom is -0.465 e. The van der Waals surface area contributed by atoms with E-state index in [2.05, 4.69) is 5.09 Å². The molecule has 0 aromatic heterocycles. The van der Waals surface area contributed by atoms with E-state index in [0.717, 1.165) is 12.8 Å². The molecule has 0 aliphatic carbocycles. The molecule has 0 saturated heterocycles. The highest BCUT2D eigenvalue weighted by molar-refractivity contribution is 7.52. The van der Waals surface area contributed by atoms with E-state index in [1.54, 1.807) is 30.3 Å². The topological polar surface area (TPSA) is 117 Å². The first-order valence-electron chi connectivity index (χ1n) is 9.06. The zero-order chi connectivity index (χ0) is 21.3. The SMILES string of the molecule is CCCCOC(=O)C(C)NP(=O)(Oc1ccccc1)Oc1ccc([N+](=O)[O-])cc1. The Morgan fingerprint density at radius 2 is 1.69 bits per heavy atom. The van der Waals surface area contributed by atoms with Crippen LogP contribution in [-0.2, 0) is 14.1 Å². The van der Waals surface area contributed by atoms with Gasteiger partial charge in [-0.15, -0.1) is 0 Å². The molecule has 0 aliphatic heterocycles. The van der Waals surface area contributed by atoms with Gasteiger partial charge in [0.05, 0.1) is 11.5 Å².